The fourth-order valence-electron chi connectivity index (χ4n) is 1.28. The van der Waals surface area contributed by atoms with Gasteiger partial charge in [0.15, 0.2) is 9.84 Å². The van der Waals surface area contributed by atoms with E-state index < -0.39 is 27.3 Å². The number of halogens is 1. The van der Waals surface area contributed by atoms with Gasteiger partial charge >= 0.3 is 0 Å². The topological polar surface area (TPSA) is 63.2 Å². The van der Waals surface area contributed by atoms with E-state index in [9.17, 15) is 17.6 Å². The first-order valence-corrected chi connectivity index (χ1v) is 6.74. The number of benzene rings is 1. The van der Waals surface area contributed by atoms with Gasteiger partial charge in [0.1, 0.15) is 11.6 Å². The molecule has 0 fully saturated rings. The van der Waals surface area contributed by atoms with Gasteiger partial charge in [-0.3, -0.25) is 4.79 Å². The maximum absolute atomic E-state index is 12.9. The van der Waals surface area contributed by atoms with Crippen molar-refractivity contribution in [2.24, 2.45) is 0 Å². The van der Waals surface area contributed by atoms with E-state index in [0.717, 1.165) is 12.1 Å². The molecular weight excluding hydrogens is 245 g/mol. The van der Waals surface area contributed by atoms with Crippen molar-refractivity contribution in [3.05, 3.63) is 30.1 Å². The first-order valence-electron chi connectivity index (χ1n) is 5.09. The fourth-order valence-corrected chi connectivity index (χ4v) is 2.45. The van der Waals surface area contributed by atoms with Gasteiger partial charge in [-0.25, -0.2) is 12.8 Å². The van der Waals surface area contributed by atoms with Gasteiger partial charge in [0.05, 0.1) is 4.90 Å². The van der Waals surface area contributed by atoms with Crippen LogP contribution in [-0.2, 0) is 14.6 Å². The van der Waals surface area contributed by atoms with E-state index in [1.807, 2.05) is 0 Å². The summed E-state index contributed by atoms with van der Waals surface area (Å²) in [4.78, 5) is 11.2. The lowest BCUT2D eigenvalue weighted by Crippen LogP contribution is -2.35. The average molecular weight is 259 g/mol. The molecule has 4 nitrogen and oxygen atoms in total. The molecule has 1 N–H and O–H groups in total. The summed E-state index contributed by atoms with van der Waals surface area (Å²) in [7, 11) is -3.78. The van der Waals surface area contributed by atoms with E-state index in [4.69, 9.17) is 0 Å². The van der Waals surface area contributed by atoms with Crippen molar-refractivity contribution in [1.82, 2.24) is 5.32 Å². The van der Waals surface area contributed by atoms with Crippen molar-refractivity contribution in [3.63, 3.8) is 0 Å². The zero-order valence-corrected chi connectivity index (χ0v) is 10.4. The van der Waals surface area contributed by atoms with Crippen molar-refractivity contribution >= 4 is 15.7 Å². The molecule has 94 valence electrons. The second-order valence-electron chi connectivity index (χ2n) is 3.94. The van der Waals surface area contributed by atoms with Crippen molar-refractivity contribution < 1.29 is 17.6 Å². The van der Waals surface area contributed by atoms with Gasteiger partial charge in [-0.1, -0.05) is 6.07 Å². The molecule has 0 spiro atoms. The maximum atomic E-state index is 12.9. The number of amides is 1. The second kappa shape index (κ2) is 5.27. The number of hydrogen-bond acceptors (Lipinski definition) is 3. The Hall–Kier alpha value is -1.43. The highest BCUT2D eigenvalue weighted by Gasteiger charge is 2.19. The Balaban J connectivity index is 2.86. The van der Waals surface area contributed by atoms with Crippen LogP contribution in [-0.4, -0.2) is 26.1 Å². The molecule has 0 aromatic heterocycles. The van der Waals surface area contributed by atoms with Gasteiger partial charge in [0.25, 0.3) is 0 Å². The lowest BCUT2D eigenvalue weighted by Gasteiger charge is -2.08. The first kappa shape index (κ1) is 13.6. The lowest BCUT2D eigenvalue weighted by atomic mass is 10.4. The van der Waals surface area contributed by atoms with Gasteiger partial charge in [-0.15, -0.1) is 0 Å². The van der Waals surface area contributed by atoms with Crippen LogP contribution in [0.1, 0.15) is 13.8 Å². The Labute approximate surface area is 99.8 Å². The molecule has 0 saturated heterocycles. The summed E-state index contributed by atoms with van der Waals surface area (Å²) in [5.41, 5.74) is 0. The minimum atomic E-state index is -3.78. The molecular formula is C11H14FNO3S. The molecule has 1 aromatic carbocycles. The molecule has 1 aromatic rings. The summed E-state index contributed by atoms with van der Waals surface area (Å²) < 4.78 is 36.4. The maximum Gasteiger partial charge on any atom is 0.235 e. The molecule has 0 saturated carbocycles. The van der Waals surface area contributed by atoms with E-state index in [0.29, 0.717) is 0 Å². The molecule has 1 amide bonds. The minimum Gasteiger partial charge on any atom is -0.353 e. The predicted octanol–water partition coefficient (Wildman–Crippen LogP) is 1.12. The van der Waals surface area contributed by atoms with E-state index in [-0.39, 0.29) is 10.9 Å². The predicted molar refractivity (Wildman–Crippen MR) is 61.7 cm³/mol. The van der Waals surface area contributed by atoms with E-state index in [1.165, 1.54) is 12.1 Å². The highest BCUT2D eigenvalue weighted by atomic mass is 32.2. The van der Waals surface area contributed by atoms with Crippen molar-refractivity contribution in [3.8, 4) is 0 Å². The third-order valence-corrected chi connectivity index (χ3v) is 3.54. The summed E-state index contributed by atoms with van der Waals surface area (Å²) in [5, 5.41) is 2.47. The standard InChI is InChI=1S/C11H14FNO3S/c1-8(2)13-11(14)7-17(15,16)10-5-3-4-9(12)6-10/h3-6,8H,7H2,1-2H3,(H,13,14). The summed E-state index contributed by atoms with van der Waals surface area (Å²) in [6, 6.07) is 4.47. The summed E-state index contributed by atoms with van der Waals surface area (Å²) >= 11 is 0. The van der Waals surface area contributed by atoms with Crippen LogP contribution >= 0.6 is 0 Å². The second-order valence-corrected chi connectivity index (χ2v) is 5.93. The average Bonchev–Trinajstić information content (AvgIpc) is 2.15. The van der Waals surface area contributed by atoms with E-state index in [1.54, 1.807) is 13.8 Å². The van der Waals surface area contributed by atoms with E-state index >= 15 is 0 Å². The summed E-state index contributed by atoms with van der Waals surface area (Å²) in [6.45, 7) is 3.46. The highest BCUT2D eigenvalue weighted by Crippen LogP contribution is 2.12. The number of carbonyl (C=O) groups excluding carboxylic acids is 1. The number of nitrogens with one attached hydrogen (secondary N) is 1. The smallest absolute Gasteiger partial charge is 0.235 e. The third kappa shape index (κ3) is 4.14. The molecule has 0 bridgehead atoms. The van der Waals surface area contributed by atoms with Crippen LogP contribution in [0.5, 0.6) is 0 Å². The van der Waals surface area contributed by atoms with E-state index in [2.05, 4.69) is 5.32 Å². The molecule has 0 unspecified atom stereocenters. The molecule has 17 heavy (non-hydrogen) atoms. The Morgan fingerprint density at radius 2 is 2.06 bits per heavy atom. The van der Waals surface area contributed by atoms with Crippen molar-refractivity contribution in [2.45, 2.75) is 24.8 Å². The zero-order valence-electron chi connectivity index (χ0n) is 9.60. The summed E-state index contributed by atoms with van der Waals surface area (Å²) in [6.07, 6.45) is 0. The first-order chi connectivity index (χ1) is 7.81. The normalized spacial score (nSPS) is 11.5. The molecule has 0 aliphatic rings. The Morgan fingerprint density at radius 3 is 2.59 bits per heavy atom. The van der Waals surface area contributed by atoms with Crippen LogP contribution < -0.4 is 5.32 Å². The third-order valence-electron chi connectivity index (χ3n) is 1.93. The van der Waals surface area contributed by atoms with Gasteiger partial charge in [-0.2, -0.15) is 0 Å². The van der Waals surface area contributed by atoms with Gasteiger partial charge in [0, 0.05) is 6.04 Å². The Bertz CT molecular complexity index is 511. The van der Waals surface area contributed by atoms with Crippen LogP contribution in [0.4, 0.5) is 4.39 Å². The van der Waals surface area contributed by atoms with Gasteiger partial charge in [-0.05, 0) is 32.0 Å². The molecule has 0 radical (unpaired) electrons. The quantitative estimate of drug-likeness (QED) is 0.881. The van der Waals surface area contributed by atoms with Crippen LogP contribution in [0.2, 0.25) is 0 Å². The number of rotatable bonds is 4. The van der Waals surface area contributed by atoms with Crippen LogP contribution in [0, 0.1) is 5.82 Å². The molecule has 1 rings (SSSR count). The van der Waals surface area contributed by atoms with Crippen LogP contribution in [0.15, 0.2) is 29.2 Å². The van der Waals surface area contributed by atoms with Crippen molar-refractivity contribution in [2.75, 3.05) is 5.75 Å². The number of carbonyl (C=O) groups is 1. The Kier molecular flexibility index (Phi) is 4.22. The lowest BCUT2D eigenvalue weighted by molar-refractivity contribution is -0.119. The minimum absolute atomic E-state index is 0.134. The molecule has 0 atom stereocenters. The zero-order chi connectivity index (χ0) is 13.1. The molecule has 0 aliphatic heterocycles. The van der Waals surface area contributed by atoms with Gasteiger partial charge < -0.3 is 5.32 Å². The van der Waals surface area contributed by atoms with Gasteiger partial charge in [0.2, 0.25) is 5.91 Å². The monoisotopic (exact) mass is 259 g/mol. The largest absolute Gasteiger partial charge is 0.353 e. The summed E-state index contributed by atoms with van der Waals surface area (Å²) in [5.74, 6) is -1.91. The van der Waals surface area contributed by atoms with Crippen LogP contribution in [0.3, 0.4) is 0 Å². The SMILES string of the molecule is CC(C)NC(=O)CS(=O)(=O)c1cccc(F)c1. The van der Waals surface area contributed by atoms with Crippen LogP contribution in [0.25, 0.3) is 0 Å². The van der Waals surface area contributed by atoms with Crippen molar-refractivity contribution in [1.29, 1.82) is 0 Å². The molecule has 0 heterocycles. The fraction of sp³-hybridized carbons (Fsp3) is 0.364. The highest BCUT2D eigenvalue weighted by molar-refractivity contribution is 7.92. The molecule has 6 heteroatoms. The Morgan fingerprint density at radius 1 is 1.41 bits per heavy atom. The molecule has 0 aliphatic carbocycles. The number of hydrogen-bond donors (Lipinski definition) is 1. The number of sulfone groups is 1.